The Morgan fingerprint density at radius 1 is 1.16 bits per heavy atom. The third-order valence-corrected chi connectivity index (χ3v) is 8.96. The van der Waals surface area contributed by atoms with Crippen molar-refractivity contribution in [3.8, 4) is 0 Å². The fraction of sp³-hybridized carbons (Fsp3) is 0.667. The van der Waals surface area contributed by atoms with E-state index in [2.05, 4.69) is 34.3 Å². The van der Waals surface area contributed by atoms with Gasteiger partial charge in [-0.25, -0.2) is 9.59 Å². The number of ether oxygens (including phenoxy) is 1. The van der Waals surface area contributed by atoms with E-state index < -0.39 is 23.6 Å². The number of rotatable bonds is 2. The minimum atomic E-state index is -0.749. The van der Waals surface area contributed by atoms with E-state index in [0.717, 1.165) is 19.4 Å². The highest BCUT2D eigenvalue weighted by Crippen LogP contribution is 2.44. The Hall–Kier alpha value is -3.21. The van der Waals surface area contributed by atoms with E-state index in [1.54, 1.807) is 31.3 Å². The van der Waals surface area contributed by atoms with Crippen molar-refractivity contribution >= 4 is 23.9 Å². The first-order valence-corrected chi connectivity index (χ1v) is 13.7. The van der Waals surface area contributed by atoms with Crippen molar-refractivity contribution in [1.82, 2.24) is 30.0 Å². The van der Waals surface area contributed by atoms with Crippen LogP contribution in [0.15, 0.2) is 29.5 Å². The number of hydrazone groups is 1. The van der Waals surface area contributed by atoms with Crippen molar-refractivity contribution in [3.05, 3.63) is 30.1 Å². The van der Waals surface area contributed by atoms with Gasteiger partial charge in [-0.3, -0.25) is 14.7 Å². The van der Waals surface area contributed by atoms with Crippen LogP contribution in [0.1, 0.15) is 63.9 Å². The van der Waals surface area contributed by atoms with Crippen molar-refractivity contribution in [2.24, 2.45) is 11.0 Å². The molecule has 5 rings (SSSR count). The topological polar surface area (TPSA) is 111 Å². The van der Waals surface area contributed by atoms with Crippen LogP contribution >= 0.6 is 0 Å². The molecule has 3 atom stereocenters. The summed E-state index contributed by atoms with van der Waals surface area (Å²) in [7, 11) is 2.18. The molecule has 4 heterocycles. The predicted molar refractivity (Wildman–Crippen MR) is 141 cm³/mol. The van der Waals surface area contributed by atoms with Crippen LogP contribution in [0.4, 0.5) is 9.59 Å². The highest BCUT2D eigenvalue weighted by atomic mass is 16.6. The molecule has 4 amide bonds. The predicted octanol–water partition coefficient (Wildman–Crippen LogP) is 2.74. The lowest BCUT2D eigenvalue weighted by atomic mass is 9.89. The third-order valence-electron chi connectivity index (χ3n) is 8.96. The maximum atomic E-state index is 14.2. The van der Waals surface area contributed by atoms with Gasteiger partial charge in [0.25, 0.3) is 5.91 Å². The molecule has 2 unspecified atom stereocenters. The summed E-state index contributed by atoms with van der Waals surface area (Å²) in [5.74, 6) is -0.428. The lowest BCUT2D eigenvalue weighted by molar-refractivity contribution is -0.00742. The van der Waals surface area contributed by atoms with Gasteiger partial charge in [-0.15, -0.1) is 0 Å². The first-order valence-electron chi connectivity index (χ1n) is 13.7. The molecule has 3 aliphatic heterocycles. The molecule has 1 aliphatic carbocycles. The Labute approximate surface area is 224 Å². The molecule has 1 spiro atoms. The Morgan fingerprint density at radius 2 is 1.89 bits per heavy atom. The number of fused-ring (bicyclic) bond motifs is 1. The van der Waals surface area contributed by atoms with Crippen LogP contribution in [-0.2, 0) is 4.74 Å². The SMILES string of the molecule is CCOC(=O)N1N=C(NC(=O)c2ccccn2)C2CN(C(=O)N3CC4(CCCC4)N(C)C[C@@H]3C)C(C)(C)C21. The zero-order valence-corrected chi connectivity index (χ0v) is 23.0. The maximum absolute atomic E-state index is 14.2. The Balaban J connectivity index is 1.42. The molecule has 0 bridgehead atoms. The number of hydrogen-bond donors (Lipinski definition) is 1. The van der Waals surface area contributed by atoms with Gasteiger partial charge in [-0.05, 0) is 59.7 Å². The second-order valence-corrected chi connectivity index (χ2v) is 11.6. The van der Waals surface area contributed by atoms with E-state index in [1.165, 1.54) is 17.9 Å². The van der Waals surface area contributed by atoms with E-state index in [-0.39, 0.29) is 35.8 Å². The van der Waals surface area contributed by atoms with Gasteiger partial charge in [0.05, 0.1) is 24.1 Å². The molecule has 206 valence electrons. The van der Waals surface area contributed by atoms with Gasteiger partial charge >= 0.3 is 12.1 Å². The first kappa shape index (κ1) is 26.4. The molecule has 11 heteroatoms. The lowest BCUT2D eigenvalue weighted by Crippen LogP contribution is -2.67. The van der Waals surface area contributed by atoms with Crippen molar-refractivity contribution < 1.29 is 19.1 Å². The molecule has 2 saturated heterocycles. The number of urea groups is 1. The highest BCUT2D eigenvalue weighted by molar-refractivity contribution is 6.07. The number of likely N-dealkylation sites (N-methyl/N-ethyl adjacent to an activating group) is 1. The molecule has 1 N–H and O–H groups in total. The van der Waals surface area contributed by atoms with Crippen molar-refractivity contribution in [3.63, 3.8) is 0 Å². The van der Waals surface area contributed by atoms with Crippen LogP contribution in [0.3, 0.4) is 0 Å². The average Bonchev–Trinajstić information content (AvgIpc) is 3.57. The number of piperazine rings is 1. The summed E-state index contributed by atoms with van der Waals surface area (Å²) < 4.78 is 5.30. The molecule has 1 saturated carbocycles. The van der Waals surface area contributed by atoms with E-state index >= 15 is 0 Å². The van der Waals surface area contributed by atoms with Crippen LogP contribution in [-0.4, -0.2) is 105 Å². The molecule has 0 aromatic carbocycles. The molecule has 1 aromatic rings. The second kappa shape index (κ2) is 9.83. The Morgan fingerprint density at radius 3 is 2.55 bits per heavy atom. The van der Waals surface area contributed by atoms with E-state index in [0.29, 0.717) is 18.9 Å². The van der Waals surface area contributed by atoms with Crippen LogP contribution in [0.5, 0.6) is 0 Å². The number of amides is 4. The van der Waals surface area contributed by atoms with E-state index in [1.807, 2.05) is 23.6 Å². The zero-order valence-electron chi connectivity index (χ0n) is 23.0. The summed E-state index contributed by atoms with van der Waals surface area (Å²) in [4.78, 5) is 50.6. The Bertz CT molecular complexity index is 1120. The van der Waals surface area contributed by atoms with Gasteiger partial charge in [-0.1, -0.05) is 18.9 Å². The minimum Gasteiger partial charge on any atom is -0.448 e. The highest BCUT2D eigenvalue weighted by Gasteiger charge is 2.60. The molecular formula is C27H39N7O4. The first-order chi connectivity index (χ1) is 18.1. The smallest absolute Gasteiger partial charge is 0.430 e. The van der Waals surface area contributed by atoms with Gasteiger partial charge in [0.15, 0.2) is 0 Å². The monoisotopic (exact) mass is 525 g/mol. The van der Waals surface area contributed by atoms with Crippen LogP contribution in [0.25, 0.3) is 0 Å². The summed E-state index contributed by atoms with van der Waals surface area (Å²) in [6.45, 7) is 9.83. The number of carbonyl (C=O) groups is 3. The maximum Gasteiger partial charge on any atom is 0.430 e. The standard InChI is InChI=1S/C27H39N7O4/c1-6-38-25(37)34-21-19(22(30-34)29-23(35)20-11-7-10-14-28-20)16-33(26(21,3)4)24(36)32-17-27(12-8-9-13-27)31(5)15-18(32)2/h7,10-11,14,18-19,21H,6,8-9,12-13,15-17H2,1-5H3,(H,29,30,35)/t18-,19?,21?/m0/s1. The van der Waals surface area contributed by atoms with Crippen molar-refractivity contribution in [1.29, 1.82) is 0 Å². The number of likely N-dealkylation sites (tertiary alicyclic amines) is 1. The number of carbonyl (C=O) groups excluding carboxylic acids is 3. The van der Waals surface area contributed by atoms with Gasteiger partial charge < -0.3 is 19.9 Å². The van der Waals surface area contributed by atoms with E-state index in [9.17, 15) is 14.4 Å². The zero-order chi connectivity index (χ0) is 27.2. The quantitative estimate of drug-likeness (QED) is 0.636. The average molecular weight is 526 g/mol. The molecule has 3 fully saturated rings. The fourth-order valence-corrected chi connectivity index (χ4v) is 6.87. The lowest BCUT2D eigenvalue weighted by Gasteiger charge is -2.52. The molecule has 4 aliphatic rings. The molecular weight excluding hydrogens is 486 g/mol. The molecule has 11 nitrogen and oxygen atoms in total. The number of nitrogens with zero attached hydrogens (tertiary/aromatic N) is 6. The second-order valence-electron chi connectivity index (χ2n) is 11.6. The van der Waals surface area contributed by atoms with Crippen LogP contribution < -0.4 is 5.32 Å². The number of hydrogen-bond acceptors (Lipinski definition) is 7. The number of nitrogens with one attached hydrogen (secondary N) is 1. The van der Waals surface area contributed by atoms with Gasteiger partial charge in [0, 0.05) is 37.4 Å². The Kier molecular flexibility index (Phi) is 6.83. The summed E-state index contributed by atoms with van der Waals surface area (Å²) in [6, 6.07) is 4.64. The van der Waals surface area contributed by atoms with Gasteiger partial charge in [0.2, 0.25) is 0 Å². The summed E-state index contributed by atoms with van der Waals surface area (Å²) in [5.41, 5.74) is -0.469. The minimum absolute atomic E-state index is 0.0299. The number of pyridine rings is 1. The van der Waals surface area contributed by atoms with Crippen molar-refractivity contribution in [2.45, 2.75) is 76.5 Å². The van der Waals surface area contributed by atoms with Crippen LogP contribution in [0.2, 0.25) is 0 Å². The normalized spacial score (nSPS) is 27.9. The fourth-order valence-electron chi connectivity index (χ4n) is 6.87. The largest absolute Gasteiger partial charge is 0.448 e. The van der Waals surface area contributed by atoms with Gasteiger partial charge in [-0.2, -0.15) is 10.1 Å². The summed E-state index contributed by atoms with van der Waals surface area (Å²) in [6.07, 6.45) is 5.52. The molecule has 1 aromatic heterocycles. The molecule has 0 radical (unpaired) electrons. The van der Waals surface area contributed by atoms with E-state index in [4.69, 9.17) is 4.74 Å². The summed E-state index contributed by atoms with van der Waals surface area (Å²) in [5, 5.41) is 8.67. The van der Waals surface area contributed by atoms with Crippen molar-refractivity contribution in [2.75, 3.05) is 33.3 Å². The third kappa shape index (κ3) is 4.30. The number of aromatic nitrogens is 1. The van der Waals surface area contributed by atoms with Crippen LogP contribution in [0, 0.1) is 5.92 Å². The summed E-state index contributed by atoms with van der Waals surface area (Å²) >= 11 is 0. The van der Waals surface area contributed by atoms with Gasteiger partial charge in [0.1, 0.15) is 11.5 Å². The molecule has 38 heavy (non-hydrogen) atoms. The number of amidine groups is 1.